The van der Waals surface area contributed by atoms with Gasteiger partial charge in [-0.15, -0.1) is 0 Å². The minimum atomic E-state index is -0.943. The number of carbonyl (C=O) groups excluding carboxylic acids is 2. The number of Topliss-reactive ketones (excluding diaryl/α,β-unsaturated/α-hetero) is 1. The molecule has 0 aliphatic carbocycles. The third-order valence-electron chi connectivity index (χ3n) is 6.54. The molecule has 1 amide bonds. The first-order valence-electron chi connectivity index (χ1n) is 12.4. The summed E-state index contributed by atoms with van der Waals surface area (Å²) in [6, 6.07) is 16.5. The fourth-order valence-corrected chi connectivity index (χ4v) is 5.78. The van der Waals surface area contributed by atoms with Crippen LogP contribution in [0.2, 0.25) is 0 Å². The molecule has 0 saturated carbocycles. The monoisotopic (exact) mass is 544 g/mol. The van der Waals surface area contributed by atoms with Crippen molar-refractivity contribution in [2.24, 2.45) is 0 Å². The van der Waals surface area contributed by atoms with Crippen molar-refractivity contribution >= 4 is 44.1 Å². The first kappa shape index (κ1) is 24.7. The number of carbonyl (C=O) groups is 2. The molecule has 0 unspecified atom stereocenters. The average molecular weight is 545 g/mol. The van der Waals surface area contributed by atoms with Crippen LogP contribution in [-0.2, 0) is 9.59 Å². The van der Waals surface area contributed by atoms with Crippen molar-refractivity contribution in [1.29, 1.82) is 0 Å². The minimum absolute atomic E-state index is 0.0536. The number of amides is 1. The zero-order chi connectivity index (χ0) is 27.1. The maximum Gasteiger partial charge on any atom is 0.301 e. The maximum atomic E-state index is 13.6. The Morgan fingerprint density at radius 2 is 1.87 bits per heavy atom. The molecule has 0 bridgehead atoms. The van der Waals surface area contributed by atoms with E-state index in [2.05, 4.69) is 4.98 Å². The van der Waals surface area contributed by atoms with Crippen molar-refractivity contribution in [2.75, 3.05) is 31.8 Å². The molecule has 1 aromatic heterocycles. The lowest BCUT2D eigenvalue weighted by atomic mass is 9.95. The molecule has 1 N–H and O–H groups in total. The molecular weight excluding hydrogens is 520 g/mol. The molecule has 198 valence electrons. The van der Waals surface area contributed by atoms with E-state index in [9.17, 15) is 14.7 Å². The number of hydrogen-bond acceptors (Lipinski definition) is 9. The van der Waals surface area contributed by atoms with Gasteiger partial charge in [0.25, 0.3) is 5.78 Å². The highest BCUT2D eigenvalue weighted by Crippen LogP contribution is 2.45. The Morgan fingerprint density at radius 3 is 2.67 bits per heavy atom. The number of hydrogen-bond donors (Lipinski definition) is 1. The van der Waals surface area contributed by atoms with Gasteiger partial charge in [-0.05, 0) is 61.0 Å². The number of nitrogens with zero attached hydrogens (tertiary/aromatic N) is 2. The number of rotatable bonds is 6. The molecule has 39 heavy (non-hydrogen) atoms. The summed E-state index contributed by atoms with van der Waals surface area (Å²) in [4.78, 5) is 33.1. The van der Waals surface area contributed by atoms with Crippen molar-refractivity contribution < 1.29 is 33.6 Å². The highest BCUT2D eigenvalue weighted by Gasteiger charge is 2.48. The molecule has 2 aliphatic rings. The number of methoxy groups -OCH3 is 1. The topological polar surface area (TPSA) is 107 Å². The van der Waals surface area contributed by atoms with Gasteiger partial charge in [-0.3, -0.25) is 14.5 Å². The molecule has 2 aliphatic heterocycles. The predicted molar refractivity (Wildman–Crippen MR) is 146 cm³/mol. The van der Waals surface area contributed by atoms with Gasteiger partial charge in [0, 0.05) is 5.56 Å². The van der Waals surface area contributed by atoms with Crippen molar-refractivity contribution in [3.05, 3.63) is 77.4 Å². The van der Waals surface area contributed by atoms with E-state index in [-0.39, 0.29) is 11.3 Å². The number of benzene rings is 3. The minimum Gasteiger partial charge on any atom is -0.507 e. The Morgan fingerprint density at radius 1 is 1.05 bits per heavy atom. The summed E-state index contributed by atoms with van der Waals surface area (Å²) in [7, 11) is 1.57. The number of aliphatic hydroxyl groups is 1. The number of anilines is 1. The van der Waals surface area contributed by atoms with Crippen LogP contribution in [0, 0.1) is 0 Å². The van der Waals surface area contributed by atoms with Gasteiger partial charge < -0.3 is 24.1 Å². The van der Waals surface area contributed by atoms with Crippen LogP contribution in [0.15, 0.2) is 66.2 Å². The van der Waals surface area contributed by atoms with E-state index >= 15 is 0 Å². The van der Waals surface area contributed by atoms with Gasteiger partial charge in [0.05, 0.1) is 35.5 Å². The summed E-state index contributed by atoms with van der Waals surface area (Å²) in [5.74, 6) is 0.312. The largest absolute Gasteiger partial charge is 0.507 e. The Balaban J connectivity index is 1.53. The molecule has 3 aromatic carbocycles. The van der Waals surface area contributed by atoms with Crippen molar-refractivity contribution in [3.63, 3.8) is 0 Å². The maximum absolute atomic E-state index is 13.6. The second-order valence-electron chi connectivity index (χ2n) is 8.86. The molecule has 0 spiro atoms. The SMILES string of the molecule is CCOc1cccc([C@H]2C(=C(O)c3ccc4c(c3)OCCO4)C(=O)C(=O)N2c2nc3ccc(OC)cc3s2)c1. The van der Waals surface area contributed by atoms with Crippen LogP contribution in [0.4, 0.5) is 5.13 Å². The number of fused-ring (bicyclic) bond motifs is 2. The molecule has 10 heteroatoms. The lowest BCUT2D eigenvalue weighted by Gasteiger charge is -2.23. The van der Waals surface area contributed by atoms with Gasteiger partial charge >= 0.3 is 5.91 Å². The van der Waals surface area contributed by atoms with Crippen LogP contribution in [-0.4, -0.2) is 48.7 Å². The lowest BCUT2D eigenvalue weighted by Crippen LogP contribution is -2.29. The molecule has 3 heterocycles. The van der Waals surface area contributed by atoms with Crippen molar-refractivity contribution in [3.8, 4) is 23.0 Å². The van der Waals surface area contributed by atoms with E-state index in [0.717, 1.165) is 4.70 Å². The van der Waals surface area contributed by atoms with Crippen molar-refractivity contribution in [2.45, 2.75) is 13.0 Å². The van der Waals surface area contributed by atoms with Gasteiger partial charge in [-0.2, -0.15) is 0 Å². The van der Waals surface area contributed by atoms with Crippen molar-refractivity contribution in [1.82, 2.24) is 4.98 Å². The van der Waals surface area contributed by atoms with Gasteiger partial charge in [-0.25, -0.2) is 4.98 Å². The second kappa shape index (κ2) is 9.95. The van der Waals surface area contributed by atoms with E-state index in [1.54, 1.807) is 61.7 Å². The first-order chi connectivity index (χ1) is 19.0. The molecule has 9 nitrogen and oxygen atoms in total. The zero-order valence-corrected chi connectivity index (χ0v) is 22.0. The quantitative estimate of drug-likeness (QED) is 0.203. The van der Waals surface area contributed by atoms with E-state index in [4.69, 9.17) is 18.9 Å². The fraction of sp³-hybridized carbons (Fsp3) is 0.207. The van der Waals surface area contributed by atoms with E-state index < -0.39 is 17.7 Å². The smallest absolute Gasteiger partial charge is 0.301 e. The number of aliphatic hydroxyl groups excluding tert-OH is 1. The molecule has 0 radical (unpaired) electrons. The highest BCUT2D eigenvalue weighted by atomic mass is 32.1. The molecule has 6 rings (SSSR count). The Labute approximate surface area is 227 Å². The third-order valence-corrected chi connectivity index (χ3v) is 7.55. The van der Waals surface area contributed by atoms with Crippen LogP contribution in [0.5, 0.6) is 23.0 Å². The molecule has 1 fully saturated rings. The molecule has 1 saturated heterocycles. The summed E-state index contributed by atoms with van der Waals surface area (Å²) in [6.45, 7) is 3.11. The standard InChI is InChI=1S/C29H24N2O7S/c1-3-36-19-6-4-5-16(13-19)25-24(26(32)17-7-10-21-22(14-17)38-12-11-37-21)27(33)28(34)31(25)29-30-20-9-8-18(35-2)15-23(20)39-29/h4-10,13-15,25,32H,3,11-12H2,1-2H3/t25-/m0/s1. The summed E-state index contributed by atoms with van der Waals surface area (Å²) < 4.78 is 23.1. The van der Waals surface area contributed by atoms with Crippen LogP contribution in [0.3, 0.4) is 0 Å². The first-order valence-corrected chi connectivity index (χ1v) is 13.2. The number of ketones is 1. The Kier molecular flexibility index (Phi) is 6.32. The van der Waals surface area contributed by atoms with E-state index in [1.807, 2.05) is 13.0 Å². The average Bonchev–Trinajstić information content (AvgIpc) is 3.50. The normalized spacial score (nSPS) is 18.0. The second-order valence-corrected chi connectivity index (χ2v) is 9.87. The van der Waals surface area contributed by atoms with Crippen LogP contribution in [0.25, 0.3) is 16.0 Å². The predicted octanol–water partition coefficient (Wildman–Crippen LogP) is 5.10. The van der Waals surface area contributed by atoms with Gasteiger partial charge in [0.2, 0.25) is 0 Å². The molecule has 1 atom stereocenters. The number of thiazole rings is 1. The Bertz CT molecular complexity index is 1640. The summed E-state index contributed by atoms with van der Waals surface area (Å²) in [5, 5.41) is 11.8. The van der Waals surface area contributed by atoms with Crippen LogP contribution in [0.1, 0.15) is 24.1 Å². The molecular formula is C29H24N2O7S. The lowest BCUT2D eigenvalue weighted by molar-refractivity contribution is -0.132. The zero-order valence-electron chi connectivity index (χ0n) is 21.2. The summed E-state index contributed by atoms with van der Waals surface area (Å²) in [6.07, 6.45) is 0. The summed E-state index contributed by atoms with van der Waals surface area (Å²) >= 11 is 1.26. The van der Waals surface area contributed by atoms with Crippen LogP contribution < -0.4 is 23.8 Å². The van der Waals surface area contributed by atoms with Gasteiger partial charge in [0.1, 0.15) is 30.5 Å². The molecule has 4 aromatic rings. The fourth-order valence-electron chi connectivity index (χ4n) is 4.76. The van der Waals surface area contributed by atoms with Gasteiger partial charge in [-0.1, -0.05) is 23.5 Å². The highest BCUT2D eigenvalue weighted by molar-refractivity contribution is 7.22. The Hall–Kier alpha value is -4.57. The third kappa shape index (κ3) is 4.32. The van der Waals surface area contributed by atoms with Gasteiger partial charge in [0.15, 0.2) is 16.6 Å². The van der Waals surface area contributed by atoms with E-state index in [0.29, 0.717) is 64.6 Å². The number of ether oxygens (including phenoxy) is 4. The van der Waals surface area contributed by atoms with Crippen LogP contribution >= 0.6 is 11.3 Å². The summed E-state index contributed by atoms with van der Waals surface area (Å²) in [5.41, 5.74) is 1.53. The van der Waals surface area contributed by atoms with E-state index in [1.165, 1.54) is 16.2 Å². The number of aromatic nitrogens is 1.